The van der Waals surface area contributed by atoms with Crippen molar-refractivity contribution in [3.63, 3.8) is 0 Å². The van der Waals surface area contributed by atoms with Crippen molar-refractivity contribution >= 4 is 23.8 Å². The van der Waals surface area contributed by atoms with Crippen LogP contribution in [0.15, 0.2) is 77.9 Å². The van der Waals surface area contributed by atoms with E-state index in [1.807, 2.05) is 30.3 Å². The molecule has 35 heavy (non-hydrogen) atoms. The zero-order chi connectivity index (χ0) is 24.6. The molecule has 0 saturated carbocycles. The van der Waals surface area contributed by atoms with Crippen LogP contribution >= 0.6 is 0 Å². The van der Waals surface area contributed by atoms with E-state index in [9.17, 15) is 14.7 Å². The van der Waals surface area contributed by atoms with Crippen LogP contribution in [0.3, 0.4) is 0 Å². The van der Waals surface area contributed by atoms with Crippen LogP contribution in [0.4, 0.5) is 5.69 Å². The number of nitrogens with zero attached hydrogens (tertiary/aromatic N) is 2. The van der Waals surface area contributed by atoms with E-state index in [1.54, 1.807) is 31.4 Å². The lowest BCUT2D eigenvalue weighted by atomic mass is 10.1. The number of para-hydroxylation sites is 2. The second kappa shape index (κ2) is 11.3. The molecule has 0 bridgehead atoms. The number of aromatic carboxylic acids is 1. The van der Waals surface area contributed by atoms with Gasteiger partial charge in [-0.3, -0.25) is 4.79 Å². The summed E-state index contributed by atoms with van der Waals surface area (Å²) in [4.78, 5) is 27.0. The number of ether oxygens (including phenoxy) is 1. The first-order valence-corrected chi connectivity index (χ1v) is 11.5. The molecule has 3 aromatic carbocycles. The highest BCUT2D eigenvalue weighted by Gasteiger charge is 2.22. The number of hydrogen-bond donors (Lipinski definition) is 2. The zero-order valence-electron chi connectivity index (χ0n) is 19.6. The number of rotatable bonds is 8. The SMILES string of the molecule is COc1ccccc1N1CC[NH+](Cc2ccc(C(=O)N/N=C/c3ccc(C(=O)[O-])cc3)cc2)CC1. The van der Waals surface area contributed by atoms with Gasteiger partial charge in [-0.05, 0) is 35.4 Å². The molecule has 1 aliphatic rings. The van der Waals surface area contributed by atoms with Gasteiger partial charge in [0.15, 0.2) is 0 Å². The van der Waals surface area contributed by atoms with Crippen molar-refractivity contribution in [3.8, 4) is 5.75 Å². The molecule has 0 radical (unpaired) electrons. The molecule has 8 nitrogen and oxygen atoms in total. The predicted octanol–water partition coefficient (Wildman–Crippen LogP) is 0.728. The van der Waals surface area contributed by atoms with Crippen molar-refractivity contribution < 1.29 is 24.3 Å². The van der Waals surface area contributed by atoms with Gasteiger partial charge < -0.3 is 24.4 Å². The third-order valence-corrected chi connectivity index (χ3v) is 6.09. The normalized spacial score (nSPS) is 14.1. The second-order valence-corrected chi connectivity index (χ2v) is 8.39. The van der Waals surface area contributed by atoms with E-state index in [0.717, 1.165) is 44.2 Å². The van der Waals surface area contributed by atoms with E-state index in [-0.39, 0.29) is 11.5 Å². The molecule has 1 fully saturated rings. The maximum absolute atomic E-state index is 12.4. The lowest BCUT2D eigenvalue weighted by molar-refractivity contribution is -0.914. The Morgan fingerprint density at radius 3 is 2.31 bits per heavy atom. The number of carboxylic acids is 1. The number of amides is 1. The Bertz CT molecular complexity index is 1180. The van der Waals surface area contributed by atoms with E-state index in [2.05, 4.69) is 21.5 Å². The maximum Gasteiger partial charge on any atom is 0.271 e. The van der Waals surface area contributed by atoms with Gasteiger partial charge >= 0.3 is 0 Å². The van der Waals surface area contributed by atoms with Crippen LogP contribution in [0.1, 0.15) is 31.8 Å². The van der Waals surface area contributed by atoms with Gasteiger partial charge in [-0.15, -0.1) is 0 Å². The van der Waals surface area contributed by atoms with Crippen LogP contribution in [-0.4, -0.2) is 51.4 Å². The van der Waals surface area contributed by atoms with Gasteiger partial charge in [0.2, 0.25) is 0 Å². The summed E-state index contributed by atoms with van der Waals surface area (Å²) in [7, 11) is 1.70. The van der Waals surface area contributed by atoms with Crippen LogP contribution in [0, 0.1) is 0 Å². The molecule has 2 N–H and O–H groups in total. The van der Waals surface area contributed by atoms with Gasteiger partial charge in [0.25, 0.3) is 5.91 Å². The average molecular weight is 473 g/mol. The highest BCUT2D eigenvalue weighted by molar-refractivity contribution is 5.95. The lowest BCUT2D eigenvalue weighted by Crippen LogP contribution is -3.13. The summed E-state index contributed by atoms with van der Waals surface area (Å²) in [6, 6.07) is 21.7. The number of nitrogens with one attached hydrogen (secondary N) is 2. The third-order valence-electron chi connectivity index (χ3n) is 6.09. The summed E-state index contributed by atoms with van der Waals surface area (Å²) in [5.41, 5.74) is 6.09. The van der Waals surface area contributed by atoms with Gasteiger partial charge in [-0.2, -0.15) is 5.10 Å². The third kappa shape index (κ3) is 6.24. The number of hydrogen-bond acceptors (Lipinski definition) is 6. The predicted molar refractivity (Wildman–Crippen MR) is 132 cm³/mol. The number of piperazine rings is 1. The van der Waals surface area contributed by atoms with E-state index < -0.39 is 5.97 Å². The first-order chi connectivity index (χ1) is 17.0. The molecule has 1 saturated heterocycles. The molecule has 8 heteroatoms. The van der Waals surface area contributed by atoms with Crippen LogP contribution in [0.2, 0.25) is 0 Å². The van der Waals surface area contributed by atoms with Crippen molar-refractivity contribution in [2.75, 3.05) is 38.2 Å². The molecule has 1 aliphatic heterocycles. The average Bonchev–Trinajstić information content (AvgIpc) is 2.90. The summed E-state index contributed by atoms with van der Waals surface area (Å²) in [5.74, 6) is -0.637. The Labute approximate surface area is 204 Å². The summed E-state index contributed by atoms with van der Waals surface area (Å²) >= 11 is 0. The Morgan fingerprint density at radius 1 is 1.00 bits per heavy atom. The largest absolute Gasteiger partial charge is 0.545 e. The molecule has 0 spiro atoms. The fourth-order valence-corrected chi connectivity index (χ4v) is 4.13. The maximum atomic E-state index is 12.4. The summed E-state index contributed by atoms with van der Waals surface area (Å²) < 4.78 is 5.50. The fourth-order valence-electron chi connectivity index (χ4n) is 4.13. The number of hydrazone groups is 1. The highest BCUT2D eigenvalue weighted by atomic mass is 16.5. The van der Waals surface area contributed by atoms with Crippen LogP contribution in [0.25, 0.3) is 0 Å². The molecule has 1 amide bonds. The molecule has 0 atom stereocenters. The second-order valence-electron chi connectivity index (χ2n) is 8.39. The van der Waals surface area contributed by atoms with Crippen LogP contribution in [-0.2, 0) is 6.54 Å². The Hall–Kier alpha value is -4.17. The van der Waals surface area contributed by atoms with Gasteiger partial charge in [-0.25, -0.2) is 5.43 Å². The van der Waals surface area contributed by atoms with E-state index in [4.69, 9.17) is 4.74 Å². The van der Waals surface area contributed by atoms with Crippen molar-refractivity contribution in [2.24, 2.45) is 5.10 Å². The Balaban J connectivity index is 1.26. The monoisotopic (exact) mass is 472 g/mol. The number of carbonyl (C=O) groups is 2. The quantitative estimate of drug-likeness (QED) is 0.372. The zero-order valence-corrected chi connectivity index (χ0v) is 19.6. The number of carbonyl (C=O) groups excluding carboxylic acids is 2. The summed E-state index contributed by atoms with van der Waals surface area (Å²) in [6.07, 6.45) is 1.46. The summed E-state index contributed by atoms with van der Waals surface area (Å²) in [6.45, 7) is 4.88. The molecule has 0 unspecified atom stereocenters. The minimum atomic E-state index is -1.23. The van der Waals surface area contributed by atoms with Crippen LogP contribution in [0.5, 0.6) is 5.75 Å². The minimum Gasteiger partial charge on any atom is -0.545 e. The van der Waals surface area contributed by atoms with E-state index in [0.29, 0.717) is 11.1 Å². The van der Waals surface area contributed by atoms with E-state index >= 15 is 0 Å². The standard InChI is InChI=1S/C27H28N4O4/c1-35-25-5-3-2-4-24(25)31-16-14-30(15-17-31)19-21-8-10-22(11-9-21)26(32)29-28-18-20-6-12-23(13-7-20)27(33)34/h2-13,18H,14-17,19H2,1H3,(H,29,32)(H,33,34)/b28-18+. The number of carboxylic acid groups (broad SMARTS) is 1. The van der Waals surface area contributed by atoms with Crippen molar-refractivity contribution in [1.82, 2.24) is 5.43 Å². The van der Waals surface area contributed by atoms with Crippen molar-refractivity contribution in [3.05, 3.63) is 95.1 Å². The number of benzene rings is 3. The van der Waals surface area contributed by atoms with Gasteiger partial charge in [0.1, 0.15) is 12.3 Å². The number of anilines is 1. The molecule has 3 aromatic rings. The van der Waals surface area contributed by atoms with Crippen LogP contribution < -0.4 is 25.1 Å². The lowest BCUT2D eigenvalue weighted by Gasteiger charge is -2.34. The number of quaternary nitrogens is 1. The Kier molecular flexibility index (Phi) is 7.74. The number of methoxy groups -OCH3 is 1. The van der Waals surface area contributed by atoms with Gasteiger partial charge in [0.05, 0.1) is 51.2 Å². The highest BCUT2D eigenvalue weighted by Crippen LogP contribution is 2.27. The fraction of sp³-hybridized carbons (Fsp3) is 0.222. The van der Waals surface area contributed by atoms with Crippen molar-refractivity contribution in [2.45, 2.75) is 6.54 Å². The molecule has 180 valence electrons. The molecular formula is C27H28N4O4. The minimum absolute atomic E-state index is 0.0893. The molecule has 4 rings (SSSR count). The van der Waals surface area contributed by atoms with Crippen molar-refractivity contribution in [1.29, 1.82) is 0 Å². The summed E-state index contributed by atoms with van der Waals surface area (Å²) in [5, 5.41) is 14.7. The molecule has 0 aromatic heterocycles. The molecule has 0 aliphatic carbocycles. The Morgan fingerprint density at radius 2 is 1.66 bits per heavy atom. The van der Waals surface area contributed by atoms with Gasteiger partial charge in [-0.1, -0.05) is 48.5 Å². The first kappa shape index (κ1) is 24.0. The first-order valence-electron chi connectivity index (χ1n) is 11.5. The smallest absolute Gasteiger partial charge is 0.271 e. The molecule has 1 heterocycles. The molecular weight excluding hydrogens is 444 g/mol. The van der Waals surface area contributed by atoms with E-state index in [1.165, 1.54) is 28.8 Å². The van der Waals surface area contributed by atoms with Gasteiger partial charge in [0, 0.05) is 11.1 Å². The topological polar surface area (TPSA) is 98.5 Å².